The number of hydrogen-bond donors (Lipinski definition) is 0. The van der Waals surface area contributed by atoms with Crippen molar-refractivity contribution >= 4 is 22.8 Å². The van der Waals surface area contributed by atoms with Gasteiger partial charge in [-0.25, -0.2) is 9.97 Å². The van der Waals surface area contributed by atoms with Crippen molar-refractivity contribution in [3.8, 4) is 0 Å². The second-order valence-corrected chi connectivity index (χ2v) is 8.14. The van der Waals surface area contributed by atoms with Crippen LogP contribution >= 0.6 is 0 Å². The van der Waals surface area contributed by atoms with Crippen molar-refractivity contribution in [3.05, 3.63) is 35.2 Å². The summed E-state index contributed by atoms with van der Waals surface area (Å²) in [6.45, 7) is 4.68. The third-order valence-electron chi connectivity index (χ3n) is 6.38. The number of benzene rings is 1. The van der Waals surface area contributed by atoms with E-state index < -0.39 is 0 Å². The molecule has 1 aliphatic heterocycles. The normalized spacial score (nSPS) is 25.0. The number of carbonyl (C=O) groups excluding carboxylic acids is 2. The molecule has 0 radical (unpaired) electrons. The van der Waals surface area contributed by atoms with Crippen molar-refractivity contribution in [3.63, 3.8) is 0 Å². The number of amides is 2. The quantitative estimate of drug-likeness (QED) is 0.819. The lowest BCUT2D eigenvalue weighted by atomic mass is 9.88. The van der Waals surface area contributed by atoms with E-state index in [0.29, 0.717) is 23.8 Å². The van der Waals surface area contributed by atoms with Crippen LogP contribution in [0.4, 0.5) is 0 Å². The molecule has 2 aromatic rings. The summed E-state index contributed by atoms with van der Waals surface area (Å²) in [6.07, 6.45) is 2.50. The summed E-state index contributed by atoms with van der Waals surface area (Å²) >= 11 is 0. The molecule has 1 aliphatic carbocycles. The molecule has 0 N–H and O–H groups in total. The first-order valence-corrected chi connectivity index (χ1v) is 9.59. The van der Waals surface area contributed by atoms with Gasteiger partial charge < -0.3 is 9.80 Å². The summed E-state index contributed by atoms with van der Waals surface area (Å²) in [5.74, 6) is 1.15. The fraction of sp³-hybridized carbons (Fsp3) is 0.524. The molecule has 1 saturated heterocycles. The number of nitrogens with zero attached hydrogens (tertiary/aromatic N) is 4. The topological polar surface area (TPSA) is 66.4 Å². The number of aryl methyl sites for hydroxylation is 2. The molecule has 27 heavy (non-hydrogen) atoms. The van der Waals surface area contributed by atoms with Crippen LogP contribution in [-0.2, 0) is 4.79 Å². The number of carbonyl (C=O) groups is 2. The van der Waals surface area contributed by atoms with Gasteiger partial charge in [0.15, 0.2) is 0 Å². The summed E-state index contributed by atoms with van der Waals surface area (Å²) in [5, 5.41) is 0. The summed E-state index contributed by atoms with van der Waals surface area (Å²) < 4.78 is 0. The van der Waals surface area contributed by atoms with E-state index in [-0.39, 0.29) is 17.9 Å². The molecule has 0 bridgehead atoms. The first-order valence-electron chi connectivity index (χ1n) is 9.59. The number of rotatable bonds is 2. The zero-order valence-electron chi connectivity index (χ0n) is 16.4. The summed E-state index contributed by atoms with van der Waals surface area (Å²) in [7, 11) is 3.76. The van der Waals surface area contributed by atoms with Crippen LogP contribution in [0.25, 0.3) is 11.0 Å². The van der Waals surface area contributed by atoms with Crippen molar-refractivity contribution in [2.75, 3.05) is 20.6 Å². The molecule has 0 spiro atoms. The van der Waals surface area contributed by atoms with E-state index in [9.17, 15) is 9.59 Å². The van der Waals surface area contributed by atoms with E-state index in [1.807, 2.05) is 55.9 Å². The van der Waals surface area contributed by atoms with Crippen LogP contribution in [0.1, 0.15) is 41.0 Å². The maximum Gasteiger partial charge on any atom is 0.253 e. The predicted molar refractivity (Wildman–Crippen MR) is 103 cm³/mol. The monoisotopic (exact) mass is 366 g/mol. The Morgan fingerprint density at radius 1 is 1.11 bits per heavy atom. The molecule has 0 unspecified atom stereocenters. The lowest BCUT2D eigenvalue weighted by molar-refractivity contribution is -0.134. The Kier molecular flexibility index (Phi) is 4.36. The van der Waals surface area contributed by atoms with Crippen LogP contribution in [0.3, 0.4) is 0 Å². The number of aromatic nitrogens is 2. The highest BCUT2D eigenvalue weighted by molar-refractivity contribution is 5.97. The standard InChI is InChI=1S/C21H26N4O2/c1-12-13(2)23-19-9-14(5-6-18(19)22-12)21(27)25(4)17-7-15-10-20(26)24(3)11-16(15)8-17/h5-6,9,15-17H,7-8,10-11H2,1-4H3/t15-,16+,17-/m0/s1. The van der Waals surface area contributed by atoms with Gasteiger partial charge in [-0.3, -0.25) is 9.59 Å². The highest BCUT2D eigenvalue weighted by atomic mass is 16.2. The highest BCUT2D eigenvalue weighted by Crippen LogP contribution is 2.40. The van der Waals surface area contributed by atoms with Gasteiger partial charge in [-0.1, -0.05) is 0 Å². The minimum Gasteiger partial charge on any atom is -0.345 e. The van der Waals surface area contributed by atoms with Crippen LogP contribution in [0.2, 0.25) is 0 Å². The number of hydrogen-bond acceptors (Lipinski definition) is 4. The maximum absolute atomic E-state index is 13.1. The molecule has 2 heterocycles. The Morgan fingerprint density at radius 3 is 2.52 bits per heavy atom. The van der Waals surface area contributed by atoms with Crippen LogP contribution in [-0.4, -0.2) is 58.3 Å². The van der Waals surface area contributed by atoms with Gasteiger partial charge in [0, 0.05) is 38.7 Å². The van der Waals surface area contributed by atoms with E-state index in [2.05, 4.69) is 9.97 Å². The average molecular weight is 366 g/mol. The van der Waals surface area contributed by atoms with E-state index in [1.54, 1.807) is 0 Å². The van der Waals surface area contributed by atoms with E-state index in [4.69, 9.17) is 0 Å². The van der Waals surface area contributed by atoms with Gasteiger partial charge >= 0.3 is 0 Å². The smallest absolute Gasteiger partial charge is 0.253 e. The van der Waals surface area contributed by atoms with Gasteiger partial charge in [0.2, 0.25) is 5.91 Å². The van der Waals surface area contributed by atoms with E-state index in [0.717, 1.165) is 41.8 Å². The molecule has 142 valence electrons. The Bertz CT molecular complexity index is 926. The lowest BCUT2D eigenvalue weighted by Crippen LogP contribution is -2.39. The summed E-state index contributed by atoms with van der Waals surface area (Å²) in [6, 6.07) is 5.74. The van der Waals surface area contributed by atoms with Crippen LogP contribution in [0.15, 0.2) is 18.2 Å². The molecule has 6 heteroatoms. The van der Waals surface area contributed by atoms with Crippen molar-refractivity contribution in [1.29, 1.82) is 0 Å². The second-order valence-electron chi connectivity index (χ2n) is 8.14. The van der Waals surface area contributed by atoms with Gasteiger partial charge in [0.1, 0.15) is 0 Å². The molecule has 2 fully saturated rings. The second kappa shape index (κ2) is 6.59. The average Bonchev–Trinajstić information content (AvgIpc) is 3.04. The fourth-order valence-corrected chi connectivity index (χ4v) is 4.54. The first kappa shape index (κ1) is 17.9. The van der Waals surface area contributed by atoms with Crippen molar-refractivity contribution < 1.29 is 9.59 Å². The number of piperidine rings is 1. The molecule has 3 atom stereocenters. The largest absolute Gasteiger partial charge is 0.345 e. The minimum atomic E-state index is 0.0141. The van der Waals surface area contributed by atoms with Crippen molar-refractivity contribution in [2.24, 2.45) is 11.8 Å². The van der Waals surface area contributed by atoms with Crippen molar-refractivity contribution in [1.82, 2.24) is 19.8 Å². The Labute approximate surface area is 159 Å². The van der Waals surface area contributed by atoms with E-state index >= 15 is 0 Å². The molecule has 1 aromatic heterocycles. The fourth-order valence-electron chi connectivity index (χ4n) is 4.54. The van der Waals surface area contributed by atoms with Gasteiger partial charge in [-0.15, -0.1) is 0 Å². The third kappa shape index (κ3) is 3.17. The molecule has 2 aliphatic rings. The van der Waals surface area contributed by atoms with Gasteiger partial charge in [0.05, 0.1) is 22.4 Å². The molecule has 1 aromatic carbocycles. The molecule has 4 rings (SSSR count). The summed E-state index contributed by atoms with van der Waals surface area (Å²) in [4.78, 5) is 37.8. The van der Waals surface area contributed by atoms with Crippen LogP contribution in [0.5, 0.6) is 0 Å². The van der Waals surface area contributed by atoms with Crippen LogP contribution < -0.4 is 0 Å². The van der Waals surface area contributed by atoms with Gasteiger partial charge in [-0.2, -0.15) is 0 Å². The molecule has 1 saturated carbocycles. The SMILES string of the molecule is Cc1nc2ccc(C(=O)N(C)[C@H]3C[C@H]4CC(=O)N(C)C[C@H]4C3)cc2nc1C. The molecular weight excluding hydrogens is 340 g/mol. The summed E-state index contributed by atoms with van der Waals surface area (Å²) in [5.41, 5.74) is 4.00. The number of fused-ring (bicyclic) bond motifs is 2. The third-order valence-corrected chi connectivity index (χ3v) is 6.38. The Balaban J connectivity index is 1.53. The van der Waals surface area contributed by atoms with Gasteiger partial charge in [0.25, 0.3) is 5.91 Å². The van der Waals surface area contributed by atoms with Crippen molar-refractivity contribution in [2.45, 2.75) is 39.2 Å². The molecule has 2 amide bonds. The zero-order valence-corrected chi connectivity index (χ0v) is 16.4. The Hall–Kier alpha value is -2.50. The van der Waals surface area contributed by atoms with E-state index in [1.165, 1.54) is 0 Å². The Morgan fingerprint density at radius 2 is 1.78 bits per heavy atom. The maximum atomic E-state index is 13.1. The minimum absolute atomic E-state index is 0.0141. The predicted octanol–water partition coefficient (Wildman–Crippen LogP) is 2.58. The highest BCUT2D eigenvalue weighted by Gasteiger charge is 2.42. The first-order chi connectivity index (χ1) is 12.8. The van der Waals surface area contributed by atoms with Gasteiger partial charge in [-0.05, 0) is 56.7 Å². The number of likely N-dealkylation sites (tertiary alicyclic amines) is 1. The zero-order chi connectivity index (χ0) is 19.3. The van der Waals surface area contributed by atoms with Crippen LogP contribution in [0, 0.1) is 25.7 Å². The lowest BCUT2D eigenvalue weighted by Gasteiger charge is -2.31. The molecule has 6 nitrogen and oxygen atoms in total. The molecular formula is C21H26N4O2.